The van der Waals surface area contributed by atoms with Gasteiger partial charge in [0, 0.05) is 12.1 Å². The van der Waals surface area contributed by atoms with E-state index in [1.807, 2.05) is 18.2 Å². The van der Waals surface area contributed by atoms with Crippen LogP contribution in [0, 0.1) is 0 Å². The summed E-state index contributed by atoms with van der Waals surface area (Å²) >= 11 is 0. The first-order valence-electron chi connectivity index (χ1n) is 5.45. The van der Waals surface area contributed by atoms with E-state index >= 15 is 0 Å². The molecule has 126 valence electrons. The maximum Gasteiger partial charge on any atom is 0.516 e. The molecule has 1 amide bonds. The lowest BCUT2D eigenvalue weighted by atomic mass is 10.5. The van der Waals surface area contributed by atoms with Gasteiger partial charge in [-0.2, -0.15) is 34.8 Å². The van der Waals surface area contributed by atoms with Crippen molar-refractivity contribution in [3.8, 4) is 0 Å². The van der Waals surface area contributed by atoms with E-state index in [0.29, 0.717) is 0 Å². The Morgan fingerprint density at radius 2 is 1.50 bits per heavy atom. The Balaban J connectivity index is 0.000000461. The number of nitrogens with one attached hydrogen (secondary N) is 1. The smallest absolute Gasteiger partial charge is 0.263 e. The van der Waals surface area contributed by atoms with Gasteiger partial charge >= 0.3 is 27.6 Å². The van der Waals surface area contributed by atoms with Crippen LogP contribution >= 0.6 is 0 Å². The van der Waals surface area contributed by atoms with Crippen molar-refractivity contribution in [1.29, 1.82) is 0 Å². The molecule has 5 nitrogen and oxygen atoms in total. The number of carbonyl (C=O) groups excluding carboxylic acids is 1. The number of pyridine rings is 1. The number of aromatic nitrogens is 1. The molecule has 0 radical (unpaired) electrons. The first kappa shape index (κ1) is 20.1. The third-order valence-electron chi connectivity index (χ3n) is 1.93. The molecule has 0 aliphatic rings. The number of halogens is 6. The minimum absolute atomic E-state index is 0.181. The number of hydrogen-bond acceptors (Lipinski definition) is 3. The fourth-order valence-corrected chi connectivity index (χ4v) is 1.36. The number of nitrogens with zero attached hydrogens (tertiary/aromatic N) is 1. The van der Waals surface area contributed by atoms with Gasteiger partial charge in [0.2, 0.25) is 0 Å². The van der Waals surface area contributed by atoms with Gasteiger partial charge in [0.1, 0.15) is 6.54 Å². The zero-order valence-electron chi connectivity index (χ0n) is 10.9. The Hall–Kier alpha value is -1.85. The third kappa shape index (κ3) is 6.74. The Morgan fingerprint density at radius 1 is 1.05 bits per heavy atom. The summed E-state index contributed by atoms with van der Waals surface area (Å²) in [6.45, 7) is 3.18. The molecular weight excluding hydrogens is 342 g/mol. The highest BCUT2D eigenvalue weighted by Crippen LogP contribution is 2.23. The normalized spacial score (nSPS) is 12.1. The number of alkyl halides is 6. The second-order valence-corrected chi connectivity index (χ2v) is 5.26. The summed E-state index contributed by atoms with van der Waals surface area (Å²) in [6, 6.07) is 6.08. The lowest BCUT2D eigenvalue weighted by Gasteiger charge is -2.10. The van der Waals surface area contributed by atoms with Gasteiger partial charge in [-0.3, -0.25) is 4.79 Å². The minimum Gasteiger partial charge on any atom is -0.263 e. The van der Waals surface area contributed by atoms with Crippen LogP contribution in [0.25, 0.3) is 0 Å². The number of hydrogen-bond donors (Lipinski definition) is 1. The predicted molar refractivity (Wildman–Crippen MR) is 61.5 cm³/mol. The van der Waals surface area contributed by atoms with E-state index in [1.165, 1.54) is 0 Å². The summed E-state index contributed by atoms with van der Waals surface area (Å²) < 4.78 is 90.1. The lowest BCUT2D eigenvalue weighted by Crippen LogP contribution is -2.46. The van der Waals surface area contributed by atoms with Crippen molar-refractivity contribution < 1.29 is 44.1 Å². The molecule has 0 aromatic carbocycles. The molecule has 0 bridgehead atoms. The second kappa shape index (κ2) is 7.42. The van der Waals surface area contributed by atoms with Crippen molar-refractivity contribution >= 4 is 15.9 Å². The summed E-state index contributed by atoms with van der Waals surface area (Å²) in [6.07, 6.45) is -1.59. The molecule has 0 fully saturated rings. The van der Waals surface area contributed by atoms with Gasteiger partial charge in [-0.05, 0) is 6.92 Å². The third-order valence-corrected chi connectivity index (χ3v) is 3.00. The van der Waals surface area contributed by atoms with E-state index in [2.05, 4.69) is 23.9 Å². The van der Waals surface area contributed by atoms with Gasteiger partial charge in [-0.1, -0.05) is 6.07 Å². The standard InChI is InChI=1S/C7H10N.C3HF6NO3S/c1-2-8-6-4-3-5-7-8;4-2(5,6)1(11)10-14(12,13)3(7,8)9/h3-7H,2H2,1H3;(H,10,11)/q+1;. The van der Waals surface area contributed by atoms with Gasteiger partial charge < -0.3 is 0 Å². The van der Waals surface area contributed by atoms with Gasteiger partial charge in [-0.15, -0.1) is 0 Å². The zero-order valence-corrected chi connectivity index (χ0v) is 11.8. The molecule has 1 aromatic rings. The van der Waals surface area contributed by atoms with E-state index in [4.69, 9.17) is 0 Å². The summed E-state index contributed by atoms with van der Waals surface area (Å²) in [5.74, 6) is -3.20. The van der Waals surface area contributed by atoms with Crippen LogP contribution in [0.2, 0.25) is 0 Å². The molecule has 0 spiro atoms. The van der Waals surface area contributed by atoms with Gasteiger partial charge in [0.05, 0.1) is 0 Å². The fraction of sp³-hybridized carbons (Fsp3) is 0.400. The SMILES string of the molecule is CC[n+]1ccccc1.O=C(NS(=O)(=O)C(F)(F)F)C(F)(F)F. The molecule has 1 aromatic heterocycles. The van der Waals surface area contributed by atoms with Crippen molar-refractivity contribution in [3.63, 3.8) is 0 Å². The quantitative estimate of drug-likeness (QED) is 0.647. The molecule has 0 aliphatic heterocycles. The summed E-state index contributed by atoms with van der Waals surface area (Å²) in [5, 5.41) is 0. The monoisotopic (exact) mass is 353 g/mol. The molecule has 1 heterocycles. The second-order valence-electron chi connectivity index (χ2n) is 3.58. The number of amides is 1. The molecule has 0 aliphatic carbocycles. The number of rotatable bonds is 2. The van der Waals surface area contributed by atoms with Gasteiger partial charge in [0.25, 0.3) is 0 Å². The van der Waals surface area contributed by atoms with E-state index in [9.17, 15) is 39.6 Å². The fourth-order valence-electron chi connectivity index (χ4n) is 0.883. The van der Waals surface area contributed by atoms with Crippen molar-refractivity contribution in [3.05, 3.63) is 30.6 Å². The van der Waals surface area contributed by atoms with Crippen LogP contribution in [0.4, 0.5) is 26.3 Å². The highest BCUT2D eigenvalue weighted by Gasteiger charge is 2.51. The topological polar surface area (TPSA) is 67.1 Å². The molecule has 0 unspecified atom stereocenters. The lowest BCUT2D eigenvalue weighted by molar-refractivity contribution is -0.693. The molecule has 1 N–H and O–H groups in total. The summed E-state index contributed by atoms with van der Waals surface area (Å²) in [4.78, 5) is 9.81. The molecule has 12 heteroatoms. The molecule has 22 heavy (non-hydrogen) atoms. The van der Waals surface area contributed by atoms with Crippen molar-refractivity contribution in [2.24, 2.45) is 0 Å². The van der Waals surface area contributed by atoms with Crippen LogP contribution in [0.3, 0.4) is 0 Å². The molecule has 0 atom stereocenters. The van der Waals surface area contributed by atoms with Gasteiger partial charge in [0.15, 0.2) is 12.4 Å². The highest BCUT2D eigenvalue weighted by atomic mass is 32.2. The Morgan fingerprint density at radius 3 is 1.77 bits per heavy atom. The number of aryl methyl sites for hydroxylation is 1. The first-order chi connectivity index (χ1) is 9.81. The van der Waals surface area contributed by atoms with E-state index in [1.54, 1.807) is 0 Å². The van der Waals surface area contributed by atoms with Crippen LogP contribution in [0.5, 0.6) is 0 Å². The average Bonchev–Trinajstić information content (AvgIpc) is 2.37. The summed E-state index contributed by atoms with van der Waals surface area (Å²) in [5.41, 5.74) is -5.96. The molecule has 0 saturated heterocycles. The number of carbonyl (C=O) groups is 1. The van der Waals surface area contributed by atoms with Crippen LogP contribution < -0.4 is 9.29 Å². The van der Waals surface area contributed by atoms with Crippen molar-refractivity contribution in [2.45, 2.75) is 25.2 Å². The average molecular weight is 353 g/mol. The summed E-state index contributed by atoms with van der Waals surface area (Å²) in [7, 11) is -6.30. The first-order valence-corrected chi connectivity index (χ1v) is 6.94. The van der Waals surface area contributed by atoms with Crippen LogP contribution in [0.15, 0.2) is 30.6 Å². The van der Waals surface area contributed by atoms with Crippen LogP contribution in [0.1, 0.15) is 6.92 Å². The Kier molecular flexibility index (Phi) is 6.80. The van der Waals surface area contributed by atoms with Crippen molar-refractivity contribution in [2.75, 3.05) is 0 Å². The highest BCUT2D eigenvalue weighted by molar-refractivity contribution is 7.90. The maximum absolute atomic E-state index is 11.4. The predicted octanol–water partition coefficient (Wildman–Crippen LogP) is 1.51. The molecule has 1 rings (SSSR count). The van der Waals surface area contributed by atoms with Crippen LogP contribution in [-0.4, -0.2) is 26.0 Å². The molecule has 0 saturated carbocycles. The minimum atomic E-state index is -6.30. The van der Waals surface area contributed by atoms with Gasteiger partial charge in [-0.25, -0.2) is 9.29 Å². The maximum atomic E-state index is 11.4. The Labute approximate surface area is 121 Å². The number of sulfonamides is 1. The Bertz CT molecular complexity index is 583. The zero-order chi connectivity index (χ0) is 17.6. The van der Waals surface area contributed by atoms with Crippen molar-refractivity contribution in [1.82, 2.24) is 4.72 Å². The van der Waals surface area contributed by atoms with E-state index < -0.39 is 27.6 Å². The molecular formula is C10H11F6N2O3S+. The van der Waals surface area contributed by atoms with E-state index in [-0.39, 0.29) is 4.72 Å². The van der Waals surface area contributed by atoms with E-state index in [0.717, 1.165) is 6.54 Å². The van der Waals surface area contributed by atoms with Crippen LogP contribution in [-0.2, 0) is 21.4 Å². The largest absolute Gasteiger partial charge is 0.516 e.